The minimum atomic E-state index is -0.572. The minimum Gasteiger partial charge on any atom is -0.388 e. The van der Waals surface area contributed by atoms with Crippen molar-refractivity contribution in [2.75, 3.05) is 32.9 Å². The molecule has 18 heavy (non-hydrogen) atoms. The number of aliphatic hydroxyl groups excluding tert-OH is 1. The van der Waals surface area contributed by atoms with Gasteiger partial charge in [-0.2, -0.15) is 0 Å². The van der Waals surface area contributed by atoms with Crippen LogP contribution in [0.1, 0.15) is 27.7 Å². The van der Waals surface area contributed by atoms with E-state index in [2.05, 4.69) is 19.2 Å². The van der Waals surface area contributed by atoms with Crippen LogP contribution in [0.25, 0.3) is 0 Å². The molecule has 0 radical (unpaired) electrons. The molecule has 2 atom stereocenters. The maximum absolute atomic E-state index is 9.62. The average molecular weight is 261 g/mol. The van der Waals surface area contributed by atoms with Crippen molar-refractivity contribution in [3.63, 3.8) is 0 Å². The van der Waals surface area contributed by atoms with E-state index < -0.39 is 6.10 Å². The molecule has 5 heteroatoms. The Morgan fingerprint density at radius 3 is 2.72 bits per heavy atom. The second-order valence-electron chi connectivity index (χ2n) is 5.70. The fraction of sp³-hybridized carbons (Fsp3) is 1.00. The molecule has 1 aliphatic rings. The molecule has 108 valence electrons. The van der Waals surface area contributed by atoms with Crippen LogP contribution in [0.15, 0.2) is 0 Å². The van der Waals surface area contributed by atoms with Crippen LogP contribution in [0.3, 0.4) is 0 Å². The van der Waals surface area contributed by atoms with Gasteiger partial charge in [-0.25, -0.2) is 0 Å². The van der Waals surface area contributed by atoms with Gasteiger partial charge in [-0.15, -0.1) is 0 Å². The lowest BCUT2D eigenvalue weighted by atomic mass is 10.1. The monoisotopic (exact) mass is 261 g/mol. The summed E-state index contributed by atoms with van der Waals surface area (Å²) in [5.74, 6) is 0. The van der Waals surface area contributed by atoms with E-state index in [1.807, 2.05) is 13.8 Å². The van der Waals surface area contributed by atoms with Gasteiger partial charge >= 0.3 is 0 Å². The Labute approximate surface area is 110 Å². The van der Waals surface area contributed by atoms with E-state index in [1.165, 1.54) is 0 Å². The lowest BCUT2D eigenvalue weighted by Crippen LogP contribution is -2.52. The van der Waals surface area contributed by atoms with Crippen molar-refractivity contribution in [1.29, 1.82) is 0 Å². The summed E-state index contributed by atoms with van der Waals surface area (Å²) >= 11 is 0. The van der Waals surface area contributed by atoms with Gasteiger partial charge in [0.25, 0.3) is 0 Å². The molecule has 2 unspecified atom stereocenters. The van der Waals surface area contributed by atoms with Crippen molar-refractivity contribution >= 4 is 0 Å². The molecule has 0 bridgehead atoms. The lowest BCUT2D eigenvalue weighted by molar-refractivity contribution is -0.128. The van der Waals surface area contributed by atoms with E-state index in [0.29, 0.717) is 13.2 Å². The van der Waals surface area contributed by atoms with E-state index in [1.54, 1.807) is 0 Å². The van der Waals surface area contributed by atoms with Crippen LogP contribution in [0.2, 0.25) is 0 Å². The second kappa shape index (κ2) is 7.40. The Hall–Kier alpha value is -0.200. The molecule has 1 rings (SSSR count). The van der Waals surface area contributed by atoms with E-state index in [-0.39, 0.29) is 24.4 Å². The van der Waals surface area contributed by atoms with Gasteiger partial charge in [0, 0.05) is 13.1 Å². The number of morpholine rings is 1. The largest absolute Gasteiger partial charge is 0.388 e. The first-order chi connectivity index (χ1) is 8.39. The number of hydrogen-bond acceptors (Lipinski definition) is 5. The summed E-state index contributed by atoms with van der Waals surface area (Å²) in [6.45, 7) is 10.7. The smallest absolute Gasteiger partial charge is 0.101 e. The third-order valence-corrected chi connectivity index (χ3v) is 2.64. The Bertz CT molecular complexity index is 233. The highest BCUT2D eigenvalue weighted by Crippen LogP contribution is 2.15. The molecule has 0 spiro atoms. The molecule has 1 aliphatic heterocycles. The summed E-state index contributed by atoms with van der Waals surface area (Å²) in [6, 6.07) is 0. The quantitative estimate of drug-likeness (QED) is 0.701. The Morgan fingerprint density at radius 1 is 1.39 bits per heavy atom. The van der Waals surface area contributed by atoms with Crippen LogP contribution in [0, 0.1) is 0 Å². The van der Waals surface area contributed by atoms with Crippen LogP contribution in [-0.2, 0) is 14.2 Å². The molecule has 1 saturated heterocycles. The summed E-state index contributed by atoms with van der Waals surface area (Å²) in [6.07, 6.45) is -0.393. The minimum absolute atomic E-state index is 0.0481. The first kappa shape index (κ1) is 15.9. The molecule has 5 nitrogen and oxygen atoms in total. The number of ether oxygens (including phenoxy) is 3. The molecule has 1 heterocycles. The number of nitrogens with one attached hydrogen (secondary N) is 1. The van der Waals surface area contributed by atoms with Crippen LogP contribution in [0.4, 0.5) is 0 Å². The summed E-state index contributed by atoms with van der Waals surface area (Å²) in [5, 5.41) is 12.9. The third-order valence-electron chi connectivity index (χ3n) is 2.64. The fourth-order valence-electron chi connectivity index (χ4n) is 1.85. The molecule has 0 aromatic heterocycles. The molecule has 0 aromatic carbocycles. The van der Waals surface area contributed by atoms with Crippen molar-refractivity contribution in [3.05, 3.63) is 0 Å². The van der Waals surface area contributed by atoms with Crippen LogP contribution in [-0.4, -0.2) is 61.9 Å². The highest BCUT2D eigenvalue weighted by Gasteiger charge is 2.28. The zero-order valence-electron chi connectivity index (χ0n) is 11.9. The van der Waals surface area contributed by atoms with Crippen molar-refractivity contribution in [1.82, 2.24) is 5.32 Å². The standard InChI is InChI=1S/C13H27NO4/c1-10(2)17-7-11(15)6-16-8-12-5-14-9-13(3,4)18-12/h10-12,14-15H,5-9H2,1-4H3. The molecule has 0 aliphatic carbocycles. The van der Waals surface area contributed by atoms with Gasteiger partial charge < -0.3 is 24.6 Å². The fourth-order valence-corrected chi connectivity index (χ4v) is 1.85. The molecule has 0 aromatic rings. The topological polar surface area (TPSA) is 60.0 Å². The first-order valence-electron chi connectivity index (χ1n) is 6.65. The van der Waals surface area contributed by atoms with Gasteiger partial charge in [0.2, 0.25) is 0 Å². The number of rotatable bonds is 7. The molecular weight excluding hydrogens is 234 g/mol. The molecule has 0 amide bonds. The van der Waals surface area contributed by atoms with Crippen molar-refractivity contribution < 1.29 is 19.3 Å². The molecule has 0 saturated carbocycles. The van der Waals surface area contributed by atoms with Gasteiger partial charge in [-0.1, -0.05) is 0 Å². The highest BCUT2D eigenvalue weighted by atomic mass is 16.6. The van der Waals surface area contributed by atoms with Gasteiger partial charge in [0.1, 0.15) is 6.10 Å². The zero-order chi connectivity index (χ0) is 13.6. The van der Waals surface area contributed by atoms with Crippen molar-refractivity contribution in [2.45, 2.75) is 51.6 Å². The third kappa shape index (κ3) is 6.66. The Kier molecular flexibility index (Phi) is 6.52. The SMILES string of the molecule is CC(C)OCC(O)COCC1CNCC(C)(C)O1. The van der Waals surface area contributed by atoms with Crippen molar-refractivity contribution in [2.24, 2.45) is 0 Å². The zero-order valence-corrected chi connectivity index (χ0v) is 11.9. The number of aliphatic hydroxyl groups is 1. The van der Waals surface area contributed by atoms with Gasteiger partial charge in [0.15, 0.2) is 0 Å². The number of hydrogen-bond donors (Lipinski definition) is 2. The van der Waals surface area contributed by atoms with E-state index in [4.69, 9.17) is 14.2 Å². The maximum Gasteiger partial charge on any atom is 0.101 e. The van der Waals surface area contributed by atoms with Gasteiger partial charge in [-0.3, -0.25) is 0 Å². The Morgan fingerprint density at radius 2 is 2.11 bits per heavy atom. The normalized spacial score (nSPS) is 25.3. The van der Waals surface area contributed by atoms with E-state index in [9.17, 15) is 5.11 Å². The van der Waals surface area contributed by atoms with E-state index in [0.717, 1.165) is 13.1 Å². The first-order valence-corrected chi connectivity index (χ1v) is 6.65. The second-order valence-corrected chi connectivity index (χ2v) is 5.70. The van der Waals surface area contributed by atoms with Crippen LogP contribution in [0.5, 0.6) is 0 Å². The summed E-state index contributed by atoms with van der Waals surface area (Å²) in [5.41, 5.74) is -0.147. The van der Waals surface area contributed by atoms with Gasteiger partial charge in [0.05, 0.1) is 37.6 Å². The Balaban J connectivity index is 2.10. The maximum atomic E-state index is 9.62. The van der Waals surface area contributed by atoms with Crippen molar-refractivity contribution in [3.8, 4) is 0 Å². The summed E-state index contributed by atoms with van der Waals surface area (Å²) < 4.78 is 16.6. The average Bonchev–Trinajstić information content (AvgIpc) is 2.25. The van der Waals surface area contributed by atoms with Crippen LogP contribution < -0.4 is 5.32 Å². The molecular formula is C13H27NO4. The molecule has 2 N–H and O–H groups in total. The predicted octanol–water partition coefficient (Wildman–Crippen LogP) is 0.556. The summed E-state index contributed by atoms with van der Waals surface area (Å²) in [7, 11) is 0. The highest BCUT2D eigenvalue weighted by molar-refractivity contribution is 4.81. The lowest BCUT2D eigenvalue weighted by Gasteiger charge is -2.36. The summed E-state index contributed by atoms with van der Waals surface area (Å²) in [4.78, 5) is 0. The van der Waals surface area contributed by atoms with Gasteiger partial charge in [-0.05, 0) is 27.7 Å². The van der Waals surface area contributed by atoms with E-state index >= 15 is 0 Å². The van der Waals surface area contributed by atoms with Crippen LogP contribution >= 0.6 is 0 Å². The molecule has 1 fully saturated rings. The predicted molar refractivity (Wildman–Crippen MR) is 69.7 cm³/mol.